The van der Waals surface area contributed by atoms with Crippen LogP contribution in [0, 0.1) is 36.4 Å². The van der Waals surface area contributed by atoms with Crippen molar-refractivity contribution in [3.05, 3.63) is 115 Å². The van der Waals surface area contributed by atoms with E-state index in [9.17, 15) is 14.4 Å². The fourth-order valence-corrected chi connectivity index (χ4v) is 7.20. The van der Waals surface area contributed by atoms with Crippen molar-refractivity contribution in [2.75, 3.05) is 4.90 Å². The van der Waals surface area contributed by atoms with Crippen LogP contribution in [0.15, 0.2) is 82.2 Å². The van der Waals surface area contributed by atoms with Gasteiger partial charge in [0.2, 0.25) is 0 Å². The Bertz CT molecular complexity index is 1670. The summed E-state index contributed by atoms with van der Waals surface area (Å²) < 4.78 is 13.4. The molecule has 5 rings (SSSR count). The first-order valence-electron chi connectivity index (χ1n) is 13.3. The van der Waals surface area contributed by atoms with E-state index >= 15 is 0 Å². The second-order valence-electron chi connectivity index (χ2n) is 11.4. The van der Waals surface area contributed by atoms with Crippen LogP contribution in [-0.4, -0.2) is 5.78 Å². The summed E-state index contributed by atoms with van der Waals surface area (Å²) in [5.74, 6) is 0.00703. The molecule has 1 unspecified atom stereocenters. The first-order valence-corrected chi connectivity index (χ1v) is 15.0. The van der Waals surface area contributed by atoms with Crippen molar-refractivity contribution in [1.29, 1.82) is 5.26 Å². The molecule has 4 nitrogen and oxygen atoms in total. The van der Waals surface area contributed by atoms with E-state index in [1.807, 2.05) is 13.8 Å². The number of ketones is 1. The Morgan fingerprint density at radius 3 is 2.51 bits per heavy atom. The largest absolute Gasteiger partial charge is 0.384 e. The molecular formula is C33H30Cl2FN3OS. The molecule has 210 valence electrons. The number of hydrogen-bond acceptors (Lipinski definition) is 5. The summed E-state index contributed by atoms with van der Waals surface area (Å²) in [4.78, 5) is 16.7. The van der Waals surface area contributed by atoms with E-state index < -0.39 is 5.92 Å². The Labute approximate surface area is 254 Å². The fourth-order valence-electron chi connectivity index (χ4n) is 5.87. The van der Waals surface area contributed by atoms with Crippen molar-refractivity contribution >= 4 is 46.4 Å². The van der Waals surface area contributed by atoms with Crippen LogP contribution < -0.4 is 10.6 Å². The predicted octanol–water partition coefficient (Wildman–Crippen LogP) is 8.98. The normalized spacial score (nSPS) is 18.4. The van der Waals surface area contributed by atoms with Gasteiger partial charge in [-0.1, -0.05) is 60.8 Å². The molecule has 0 saturated carbocycles. The number of carbonyl (C=O) groups excluding carboxylic acids is 1. The molecule has 0 saturated heterocycles. The zero-order chi connectivity index (χ0) is 29.6. The Morgan fingerprint density at radius 1 is 1.12 bits per heavy atom. The van der Waals surface area contributed by atoms with Gasteiger partial charge in [0.05, 0.1) is 33.3 Å². The number of allylic oxidation sites excluding steroid dienone is 3. The molecule has 8 heteroatoms. The van der Waals surface area contributed by atoms with Crippen LogP contribution in [0.1, 0.15) is 54.9 Å². The maximum Gasteiger partial charge on any atom is 0.162 e. The smallest absolute Gasteiger partial charge is 0.162 e. The fraction of sp³-hybridized carbons (Fsp3) is 0.273. The Kier molecular flexibility index (Phi) is 8.00. The number of aryl methyl sites for hydroxylation is 1. The van der Waals surface area contributed by atoms with Gasteiger partial charge in [0.25, 0.3) is 0 Å². The second kappa shape index (κ2) is 11.2. The number of anilines is 1. The minimum Gasteiger partial charge on any atom is -0.384 e. The van der Waals surface area contributed by atoms with Gasteiger partial charge in [0.15, 0.2) is 5.78 Å². The second-order valence-corrected chi connectivity index (χ2v) is 13.3. The zero-order valence-corrected chi connectivity index (χ0v) is 25.6. The van der Waals surface area contributed by atoms with Crippen LogP contribution in [0.2, 0.25) is 10.0 Å². The summed E-state index contributed by atoms with van der Waals surface area (Å²) in [7, 11) is 0. The number of benzene rings is 3. The van der Waals surface area contributed by atoms with Crippen molar-refractivity contribution < 1.29 is 9.18 Å². The molecule has 0 bridgehead atoms. The van der Waals surface area contributed by atoms with E-state index in [1.54, 1.807) is 47.0 Å². The van der Waals surface area contributed by atoms with Crippen LogP contribution in [0.25, 0.3) is 0 Å². The number of nitriles is 1. The average Bonchev–Trinajstić information content (AvgIpc) is 2.90. The summed E-state index contributed by atoms with van der Waals surface area (Å²) in [6.45, 7) is 8.15. The monoisotopic (exact) mass is 605 g/mol. The molecule has 1 heterocycles. The average molecular weight is 607 g/mol. The van der Waals surface area contributed by atoms with Crippen LogP contribution in [0.5, 0.6) is 0 Å². The van der Waals surface area contributed by atoms with Crippen molar-refractivity contribution in [1.82, 2.24) is 0 Å². The Balaban J connectivity index is 1.69. The summed E-state index contributed by atoms with van der Waals surface area (Å²) in [5, 5.41) is 11.2. The Hall–Kier alpha value is -3.24. The van der Waals surface area contributed by atoms with Crippen LogP contribution in [-0.2, 0) is 10.5 Å². The molecule has 0 radical (unpaired) electrons. The maximum absolute atomic E-state index is 14.0. The van der Waals surface area contributed by atoms with Crippen molar-refractivity contribution in [2.45, 2.75) is 57.1 Å². The number of thioether (sulfide) groups is 1. The molecule has 1 aliphatic carbocycles. The molecule has 3 aromatic carbocycles. The number of rotatable bonds is 5. The lowest BCUT2D eigenvalue weighted by molar-refractivity contribution is -0.118. The highest BCUT2D eigenvalue weighted by molar-refractivity contribution is 7.98. The third-order valence-electron chi connectivity index (χ3n) is 7.77. The maximum atomic E-state index is 14.0. The first kappa shape index (κ1) is 29.3. The predicted molar refractivity (Wildman–Crippen MR) is 165 cm³/mol. The zero-order valence-electron chi connectivity index (χ0n) is 23.3. The van der Waals surface area contributed by atoms with Crippen molar-refractivity contribution in [3.8, 4) is 6.07 Å². The number of nitrogens with two attached hydrogens (primary N) is 1. The summed E-state index contributed by atoms with van der Waals surface area (Å²) in [6.07, 6.45) is 0.932. The van der Waals surface area contributed by atoms with Crippen LogP contribution >= 0.6 is 35.0 Å². The number of nitrogens with zero attached hydrogens (tertiary/aromatic N) is 2. The minimum atomic E-state index is -0.609. The van der Waals surface area contributed by atoms with Crippen LogP contribution in [0.3, 0.4) is 0 Å². The van der Waals surface area contributed by atoms with Gasteiger partial charge in [-0.2, -0.15) is 5.26 Å². The molecule has 1 aliphatic heterocycles. The number of Topliss-reactive ketones (excluding diaryl/α,β-unsaturated/α-hetero) is 1. The standard InChI is InChI=1S/C33H30Cl2FN3OS/c1-18-12-20(17-41-22-10-8-21(36)9-11-22)19(2)23(13-18)29-24(16-37)32(38)39(26-7-5-6-25(34)31(26)35)27-14-33(3,4)15-28(40)30(27)29/h5-13,29H,14-15,17,38H2,1-4H3. The number of hydrogen-bond donors (Lipinski definition) is 1. The lowest BCUT2D eigenvalue weighted by atomic mass is 9.68. The van der Waals surface area contributed by atoms with Gasteiger partial charge in [-0.05, 0) is 78.8 Å². The topological polar surface area (TPSA) is 70.1 Å². The van der Waals surface area contributed by atoms with Gasteiger partial charge < -0.3 is 5.73 Å². The molecule has 41 heavy (non-hydrogen) atoms. The molecule has 1 atom stereocenters. The molecule has 3 aromatic rings. The highest BCUT2D eigenvalue weighted by Gasteiger charge is 2.45. The van der Waals surface area contributed by atoms with E-state index in [1.165, 1.54) is 12.1 Å². The molecule has 2 N–H and O–H groups in total. The number of halogens is 3. The van der Waals surface area contributed by atoms with Gasteiger partial charge in [-0.25, -0.2) is 4.39 Å². The number of carbonyl (C=O) groups is 1. The highest BCUT2D eigenvalue weighted by Crippen LogP contribution is 2.52. The van der Waals surface area contributed by atoms with E-state index in [4.69, 9.17) is 28.9 Å². The molecule has 0 amide bonds. The summed E-state index contributed by atoms with van der Waals surface area (Å²) in [5.41, 5.74) is 12.7. The molecular weight excluding hydrogens is 576 g/mol. The third-order valence-corrected chi connectivity index (χ3v) is 9.64. The first-order chi connectivity index (χ1) is 19.4. The van der Waals surface area contributed by atoms with Gasteiger partial charge in [0, 0.05) is 28.3 Å². The summed E-state index contributed by atoms with van der Waals surface area (Å²) >= 11 is 14.7. The van der Waals surface area contributed by atoms with E-state index in [2.05, 4.69) is 32.0 Å². The third kappa shape index (κ3) is 5.51. The van der Waals surface area contributed by atoms with E-state index in [0.29, 0.717) is 45.5 Å². The van der Waals surface area contributed by atoms with Gasteiger partial charge >= 0.3 is 0 Å². The van der Waals surface area contributed by atoms with Gasteiger partial charge in [-0.3, -0.25) is 9.69 Å². The van der Waals surface area contributed by atoms with Crippen molar-refractivity contribution in [3.63, 3.8) is 0 Å². The summed E-state index contributed by atoms with van der Waals surface area (Å²) in [6, 6.07) is 18.2. The van der Waals surface area contributed by atoms with E-state index in [-0.39, 0.29) is 22.8 Å². The molecule has 0 spiro atoms. The minimum absolute atomic E-state index is 0.00667. The quantitative estimate of drug-likeness (QED) is 0.294. The molecule has 0 fully saturated rings. The molecule has 0 aromatic heterocycles. The lowest BCUT2D eigenvalue weighted by Crippen LogP contribution is -2.42. The van der Waals surface area contributed by atoms with Gasteiger partial charge in [-0.15, -0.1) is 11.8 Å². The van der Waals surface area contributed by atoms with Crippen LogP contribution in [0.4, 0.5) is 10.1 Å². The van der Waals surface area contributed by atoms with E-state index in [0.717, 1.165) is 32.8 Å². The molecule has 2 aliphatic rings. The highest BCUT2D eigenvalue weighted by atomic mass is 35.5. The lowest BCUT2D eigenvalue weighted by Gasteiger charge is -2.44. The Morgan fingerprint density at radius 2 is 1.83 bits per heavy atom. The van der Waals surface area contributed by atoms with Gasteiger partial charge in [0.1, 0.15) is 11.6 Å². The SMILES string of the molecule is Cc1cc(CSc2ccc(F)cc2)c(C)c(C2C(C#N)=C(N)N(c3cccc(Cl)c3Cl)C3=C2C(=O)CC(C)(C)C3)c1. The van der Waals surface area contributed by atoms with Crippen molar-refractivity contribution in [2.24, 2.45) is 11.1 Å².